The van der Waals surface area contributed by atoms with Gasteiger partial charge in [-0.3, -0.25) is 0 Å². The quantitative estimate of drug-likeness (QED) is 0.942. The zero-order valence-electron chi connectivity index (χ0n) is 11.2. The highest BCUT2D eigenvalue weighted by atomic mass is 32.1. The Kier molecular flexibility index (Phi) is 3.48. The van der Waals surface area contributed by atoms with E-state index in [2.05, 4.69) is 4.98 Å². The lowest BCUT2D eigenvalue weighted by Crippen LogP contribution is -2.44. The molecule has 0 radical (unpaired) electrons. The fourth-order valence-electron chi connectivity index (χ4n) is 2.62. The predicted octanol–water partition coefficient (Wildman–Crippen LogP) is 2.75. The van der Waals surface area contributed by atoms with Crippen molar-refractivity contribution in [3.8, 4) is 5.75 Å². The number of anilines is 1. The molecule has 1 saturated heterocycles. The Balaban J connectivity index is 2.02. The minimum absolute atomic E-state index is 0.463. The number of benzene rings is 1. The molecule has 1 aliphatic heterocycles. The van der Waals surface area contributed by atoms with E-state index in [1.165, 1.54) is 11.3 Å². The van der Waals surface area contributed by atoms with Crippen LogP contribution in [0.4, 0.5) is 5.13 Å². The Morgan fingerprint density at radius 1 is 1.50 bits per heavy atom. The van der Waals surface area contributed by atoms with Gasteiger partial charge in [0.05, 0.1) is 11.8 Å². The largest absolute Gasteiger partial charge is 0.494 e. The minimum Gasteiger partial charge on any atom is -0.494 e. The Morgan fingerprint density at radius 3 is 3.10 bits per heavy atom. The van der Waals surface area contributed by atoms with Crippen molar-refractivity contribution in [2.24, 2.45) is 0 Å². The molecule has 106 valence electrons. The molecule has 0 amide bonds. The summed E-state index contributed by atoms with van der Waals surface area (Å²) in [4.78, 5) is 17.9. The van der Waals surface area contributed by atoms with Crippen LogP contribution in [0.2, 0.25) is 0 Å². The van der Waals surface area contributed by atoms with Gasteiger partial charge in [0.25, 0.3) is 0 Å². The molecular weight excluding hydrogens is 276 g/mol. The number of para-hydroxylation sites is 1. The summed E-state index contributed by atoms with van der Waals surface area (Å²) in [7, 11) is 1.62. The van der Waals surface area contributed by atoms with Gasteiger partial charge in [0.1, 0.15) is 17.3 Å². The van der Waals surface area contributed by atoms with Gasteiger partial charge in [-0.25, -0.2) is 9.78 Å². The SMILES string of the molecule is COc1cccc2sc(N3CCCCC3C(=O)O)nc12. The van der Waals surface area contributed by atoms with Crippen molar-refractivity contribution < 1.29 is 14.6 Å². The van der Waals surface area contributed by atoms with E-state index in [0.717, 1.165) is 40.5 Å². The zero-order valence-corrected chi connectivity index (χ0v) is 12.0. The average molecular weight is 292 g/mol. The van der Waals surface area contributed by atoms with E-state index in [0.29, 0.717) is 6.42 Å². The molecule has 1 aromatic heterocycles. The molecule has 2 heterocycles. The summed E-state index contributed by atoms with van der Waals surface area (Å²) in [5, 5.41) is 10.1. The van der Waals surface area contributed by atoms with E-state index in [1.807, 2.05) is 23.1 Å². The van der Waals surface area contributed by atoms with Gasteiger partial charge in [0.15, 0.2) is 5.13 Å². The number of carboxylic acids is 1. The first-order valence-electron chi connectivity index (χ1n) is 6.63. The van der Waals surface area contributed by atoms with Gasteiger partial charge >= 0.3 is 5.97 Å². The summed E-state index contributed by atoms with van der Waals surface area (Å²) in [6, 6.07) is 5.32. The number of thiazole rings is 1. The molecule has 5 nitrogen and oxygen atoms in total. The van der Waals surface area contributed by atoms with Gasteiger partial charge in [-0.2, -0.15) is 0 Å². The van der Waals surface area contributed by atoms with E-state index in [-0.39, 0.29) is 0 Å². The third-order valence-electron chi connectivity index (χ3n) is 3.62. The number of hydrogen-bond donors (Lipinski definition) is 1. The van der Waals surface area contributed by atoms with Crippen molar-refractivity contribution in [2.45, 2.75) is 25.3 Å². The zero-order chi connectivity index (χ0) is 14.1. The van der Waals surface area contributed by atoms with Crippen LogP contribution in [-0.4, -0.2) is 35.8 Å². The number of methoxy groups -OCH3 is 1. The van der Waals surface area contributed by atoms with Gasteiger partial charge < -0.3 is 14.7 Å². The average Bonchev–Trinajstić information content (AvgIpc) is 2.90. The number of aromatic nitrogens is 1. The number of hydrogen-bond acceptors (Lipinski definition) is 5. The summed E-state index contributed by atoms with van der Waals surface area (Å²) in [5.41, 5.74) is 0.810. The topological polar surface area (TPSA) is 62.7 Å². The second kappa shape index (κ2) is 5.28. The third kappa shape index (κ3) is 2.20. The highest BCUT2D eigenvalue weighted by Crippen LogP contribution is 2.36. The molecule has 0 saturated carbocycles. The van der Waals surface area contributed by atoms with Crippen molar-refractivity contribution in [1.29, 1.82) is 0 Å². The van der Waals surface area contributed by atoms with E-state index >= 15 is 0 Å². The van der Waals surface area contributed by atoms with Crippen LogP contribution in [0.15, 0.2) is 18.2 Å². The highest BCUT2D eigenvalue weighted by molar-refractivity contribution is 7.22. The third-order valence-corrected chi connectivity index (χ3v) is 4.68. The molecular formula is C14H16N2O3S. The molecule has 3 rings (SSSR count). The van der Waals surface area contributed by atoms with Crippen molar-refractivity contribution in [3.05, 3.63) is 18.2 Å². The Bertz CT molecular complexity index is 640. The fourth-order valence-corrected chi connectivity index (χ4v) is 3.68. The molecule has 0 spiro atoms. The van der Waals surface area contributed by atoms with Gasteiger partial charge in [0, 0.05) is 6.54 Å². The van der Waals surface area contributed by atoms with E-state index in [1.54, 1.807) is 7.11 Å². The van der Waals surface area contributed by atoms with Crippen LogP contribution < -0.4 is 9.64 Å². The monoisotopic (exact) mass is 292 g/mol. The molecule has 20 heavy (non-hydrogen) atoms. The number of carboxylic acid groups (broad SMARTS) is 1. The molecule has 1 unspecified atom stereocenters. The second-order valence-electron chi connectivity index (χ2n) is 4.85. The van der Waals surface area contributed by atoms with Crippen molar-refractivity contribution in [3.63, 3.8) is 0 Å². The molecule has 1 N–H and O–H groups in total. The van der Waals surface area contributed by atoms with Crippen LogP contribution in [0.25, 0.3) is 10.2 Å². The summed E-state index contributed by atoms with van der Waals surface area (Å²) in [6.07, 6.45) is 2.65. The fraction of sp³-hybridized carbons (Fsp3) is 0.429. The Morgan fingerprint density at radius 2 is 2.35 bits per heavy atom. The van der Waals surface area contributed by atoms with Crippen LogP contribution >= 0.6 is 11.3 Å². The van der Waals surface area contributed by atoms with Gasteiger partial charge in [-0.15, -0.1) is 0 Å². The molecule has 0 bridgehead atoms. The summed E-state index contributed by atoms with van der Waals surface area (Å²) in [5.74, 6) is -0.0372. The van der Waals surface area contributed by atoms with Gasteiger partial charge in [-0.05, 0) is 31.4 Å². The number of ether oxygens (including phenoxy) is 1. The molecule has 1 aromatic carbocycles. The molecule has 1 aliphatic rings. The van der Waals surface area contributed by atoms with E-state index < -0.39 is 12.0 Å². The lowest BCUT2D eigenvalue weighted by atomic mass is 10.0. The highest BCUT2D eigenvalue weighted by Gasteiger charge is 2.30. The summed E-state index contributed by atoms with van der Waals surface area (Å²) < 4.78 is 6.33. The normalized spacial score (nSPS) is 19.2. The summed E-state index contributed by atoms with van der Waals surface area (Å²) >= 11 is 1.53. The predicted molar refractivity (Wildman–Crippen MR) is 78.8 cm³/mol. The number of fused-ring (bicyclic) bond motifs is 1. The maximum atomic E-state index is 11.4. The number of rotatable bonds is 3. The van der Waals surface area contributed by atoms with Crippen molar-refractivity contribution in [1.82, 2.24) is 4.98 Å². The molecule has 1 fully saturated rings. The Labute approximate surface area is 120 Å². The van der Waals surface area contributed by atoms with E-state index in [4.69, 9.17) is 4.74 Å². The molecule has 6 heteroatoms. The first kappa shape index (κ1) is 13.2. The van der Waals surface area contributed by atoms with Crippen LogP contribution in [0.1, 0.15) is 19.3 Å². The molecule has 2 aromatic rings. The molecule has 1 atom stereocenters. The maximum Gasteiger partial charge on any atom is 0.326 e. The standard InChI is InChI=1S/C14H16N2O3S/c1-19-10-6-4-7-11-12(10)15-14(20-11)16-8-3-2-5-9(16)13(17)18/h4,6-7,9H,2-3,5,8H2,1H3,(H,17,18). The summed E-state index contributed by atoms with van der Waals surface area (Å²) in [6.45, 7) is 0.749. The first-order valence-corrected chi connectivity index (χ1v) is 7.45. The number of piperidine rings is 1. The molecule has 0 aliphatic carbocycles. The van der Waals surface area contributed by atoms with Crippen molar-refractivity contribution >= 4 is 32.7 Å². The number of carbonyl (C=O) groups is 1. The maximum absolute atomic E-state index is 11.4. The smallest absolute Gasteiger partial charge is 0.326 e. The first-order chi connectivity index (χ1) is 9.70. The lowest BCUT2D eigenvalue weighted by molar-refractivity contribution is -0.139. The second-order valence-corrected chi connectivity index (χ2v) is 5.86. The number of aliphatic carboxylic acids is 1. The van der Waals surface area contributed by atoms with Gasteiger partial charge in [0.2, 0.25) is 0 Å². The van der Waals surface area contributed by atoms with Crippen LogP contribution in [-0.2, 0) is 4.79 Å². The van der Waals surface area contributed by atoms with Crippen molar-refractivity contribution in [2.75, 3.05) is 18.6 Å². The van der Waals surface area contributed by atoms with Crippen LogP contribution in [0.3, 0.4) is 0 Å². The van der Waals surface area contributed by atoms with Crippen LogP contribution in [0, 0.1) is 0 Å². The number of nitrogens with zero attached hydrogens (tertiary/aromatic N) is 2. The van der Waals surface area contributed by atoms with E-state index in [9.17, 15) is 9.90 Å². The van der Waals surface area contributed by atoms with Crippen LogP contribution in [0.5, 0.6) is 5.75 Å². The van der Waals surface area contributed by atoms with Gasteiger partial charge in [-0.1, -0.05) is 17.4 Å². The lowest BCUT2D eigenvalue weighted by Gasteiger charge is -2.32. The minimum atomic E-state index is -0.768. The Hall–Kier alpha value is -1.82.